The standard InChI is InChI=1S/C13H22N4/c1-16-8-3-9-17(11-10-16)13-12(5-6-14)4-2-7-15-13/h2,4,7H,3,5-6,8-11,14H2,1H3. The molecule has 1 aliphatic heterocycles. The molecule has 1 fully saturated rings. The normalized spacial score (nSPS) is 18.1. The number of pyridine rings is 1. The van der Waals surface area contributed by atoms with Gasteiger partial charge in [-0.25, -0.2) is 4.98 Å². The fraction of sp³-hybridized carbons (Fsp3) is 0.615. The maximum absolute atomic E-state index is 5.66. The van der Waals surface area contributed by atoms with Crippen molar-refractivity contribution in [2.24, 2.45) is 5.73 Å². The Labute approximate surface area is 103 Å². The Morgan fingerprint density at radius 1 is 1.29 bits per heavy atom. The molecule has 0 amide bonds. The predicted octanol–water partition coefficient (Wildman–Crippen LogP) is 0.725. The van der Waals surface area contributed by atoms with Gasteiger partial charge in [-0.05, 0) is 44.6 Å². The van der Waals surface area contributed by atoms with Crippen LogP contribution in [0.25, 0.3) is 0 Å². The first-order chi connectivity index (χ1) is 8.31. The molecule has 0 unspecified atom stereocenters. The Balaban J connectivity index is 2.14. The van der Waals surface area contributed by atoms with E-state index in [1.807, 2.05) is 12.3 Å². The van der Waals surface area contributed by atoms with E-state index in [1.54, 1.807) is 0 Å². The van der Waals surface area contributed by atoms with Crippen molar-refractivity contribution < 1.29 is 0 Å². The highest BCUT2D eigenvalue weighted by Gasteiger charge is 2.15. The molecular weight excluding hydrogens is 212 g/mol. The average Bonchev–Trinajstić information content (AvgIpc) is 2.55. The first kappa shape index (κ1) is 12.3. The number of rotatable bonds is 3. The summed E-state index contributed by atoms with van der Waals surface area (Å²) < 4.78 is 0. The van der Waals surface area contributed by atoms with Crippen molar-refractivity contribution in [2.45, 2.75) is 12.8 Å². The largest absolute Gasteiger partial charge is 0.355 e. The lowest BCUT2D eigenvalue weighted by atomic mass is 10.1. The molecular formula is C13H22N4. The van der Waals surface area contributed by atoms with Gasteiger partial charge in [-0.1, -0.05) is 6.07 Å². The highest BCUT2D eigenvalue weighted by Crippen LogP contribution is 2.18. The second-order valence-corrected chi connectivity index (χ2v) is 4.67. The van der Waals surface area contributed by atoms with Gasteiger partial charge in [0.25, 0.3) is 0 Å². The summed E-state index contributed by atoms with van der Waals surface area (Å²) in [5.41, 5.74) is 6.93. The summed E-state index contributed by atoms with van der Waals surface area (Å²) in [4.78, 5) is 9.32. The van der Waals surface area contributed by atoms with E-state index in [9.17, 15) is 0 Å². The van der Waals surface area contributed by atoms with E-state index >= 15 is 0 Å². The zero-order valence-electron chi connectivity index (χ0n) is 10.6. The molecule has 0 radical (unpaired) electrons. The third kappa shape index (κ3) is 3.17. The van der Waals surface area contributed by atoms with E-state index in [2.05, 4.69) is 27.9 Å². The van der Waals surface area contributed by atoms with Crippen molar-refractivity contribution in [1.82, 2.24) is 9.88 Å². The molecule has 2 rings (SSSR count). The molecule has 0 aliphatic carbocycles. The molecule has 1 aliphatic rings. The van der Waals surface area contributed by atoms with Gasteiger partial charge in [-0.3, -0.25) is 0 Å². The summed E-state index contributed by atoms with van der Waals surface area (Å²) in [6.07, 6.45) is 3.99. The minimum atomic E-state index is 0.687. The van der Waals surface area contributed by atoms with Crippen LogP contribution >= 0.6 is 0 Å². The molecule has 4 nitrogen and oxygen atoms in total. The topological polar surface area (TPSA) is 45.4 Å². The summed E-state index contributed by atoms with van der Waals surface area (Å²) in [7, 11) is 2.18. The van der Waals surface area contributed by atoms with E-state index in [1.165, 1.54) is 18.5 Å². The first-order valence-electron chi connectivity index (χ1n) is 6.38. The minimum absolute atomic E-state index is 0.687. The van der Waals surface area contributed by atoms with Crippen LogP contribution in [0.5, 0.6) is 0 Å². The first-order valence-corrected chi connectivity index (χ1v) is 6.38. The monoisotopic (exact) mass is 234 g/mol. The molecule has 0 aromatic carbocycles. The maximum Gasteiger partial charge on any atom is 0.131 e. The SMILES string of the molecule is CN1CCCN(c2ncccc2CCN)CC1. The Kier molecular flexibility index (Phi) is 4.34. The van der Waals surface area contributed by atoms with Crippen LogP contribution in [0, 0.1) is 0 Å². The molecule has 0 spiro atoms. The number of hydrogen-bond acceptors (Lipinski definition) is 4. The Bertz CT molecular complexity index is 353. The lowest BCUT2D eigenvalue weighted by Crippen LogP contribution is -2.30. The fourth-order valence-electron chi connectivity index (χ4n) is 2.32. The molecule has 17 heavy (non-hydrogen) atoms. The summed E-state index contributed by atoms with van der Waals surface area (Å²) >= 11 is 0. The van der Waals surface area contributed by atoms with Gasteiger partial charge < -0.3 is 15.5 Å². The van der Waals surface area contributed by atoms with Crippen LogP contribution in [0.3, 0.4) is 0 Å². The van der Waals surface area contributed by atoms with Gasteiger partial charge in [0.1, 0.15) is 5.82 Å². The Morgan fingerprint density at radius 3 is 3.00 bits per heavy atom. The van der Waals surface area contributed by atoms with E-state index < -0.39 is 0 Å². The Hall–Kier alpha value is -1.13. The second kappa shape index (κ2) is 5.98. The minimum Gasteiger partial charge on any atom is -0.355 e. The maximum atomic E-state index is 5.66. The van der Waals surface area contributed by atoms with Gasteiger partial charge in [-0.15, -0.1) is 0 Å². The van der Waals surface area contributed by atoms with E-state index in [4.69, 9.17) is 5.73 Å². The summed E-state index contributed by atoms with van der Waals surface area (Å²) in [5.74, 6) is 1.13. The van der Waals surface area contributed by atoms with E-state index in [-0.39, 0.29) is 0 Å². The van der Waals surface area contributed by atoms with Crippen LogP contribution in [0.15, 0.2) is 18.3 Å². The number of nitrogens with zero attached hydrogens (tertiary/aromatic N) is 3. The second-order valence-electron chi connectivity index (χ2n) is 4.67. The van der Waals surface area contributed by atoms with E-state index in [0.29, 0.717) is 6.54 Å². The molecule has 0 atom stereocenters. The fourth-order valence-corrected chi connectivity index (χ4v) is 2.32. The predicted molar refractivity (Wildman–Crippen MR) is 71.3 cm³/mol. The number of nitrogens with two attached hydrogens (primary N) is 1. The van der Waals surface area contributed by atoms with Crippen LogP contribution in [-0.2, 0) is 6.42 Å². The molecule has 0 saturated carbocycles. The lowest BCUT2D eigenvalue weighted by molar-refractivity contribution is 0.360. The van der Waals surface area contributed by atoms with Crippen molar-refractivity contribution in [2.75, 3.05) is 44.7 Å². The van der Waals surface area contributed by atoms with Gasteiger partial charge in [0.2, 0.25) is 0 Å². The van der Waals surface area contributed by atoms with Crippen molar-refractivity contribution in [3.63, 3.8) is 0 Å². The number of likely N-dealkylation sites (N-methyl/N-ethyl adjacent to an activating group) is 1. The van der Waals surface area contributed by atoms with Crippen molar-refractivity contribution in [1.29, 1.82) is 0 Å². The van der Waals surface area contributed by atoms with E-state index in [0.717, 1.165) is 31.9 Å². The van der Waals surface area contributed by atoms with Crippen molar-refractivity contribution >= 4 is 5.82 Å². The number of hydrogen-bond donors (Lipinski definition) is 1. The van der Waals surface area contributed by atoms with Gasteiger partial charge >= 0.3 is 0 Å². The molecule has 2 N–H and O–H groups in total. The van der Waals surface area contributed by atoms with Crippen LogP contribution in [0.4, 0.5) is 5.82 Å². The van der Waals surface area contributed by atoms with Gasteiger partial charge in [0.05, 0.1) is 0 Å². The molecule has 94 valence electrons. The number of anilines is 1. The van der Waals surface area contributed by atoms with Gasteiger partial charge in [-0.2, -0.15) is 0 Å². The zero-order chi connectivity index (χ0) is 12.1. The quantitative estimate of drug-likeness (QED) is 0.837. The van der Waals surface area contributed by atoms with Crippen LogP contribution in [0.1, 0.15) is 12.0 Å². The summed E-state index contributed by atoms with van der Waals surface area (Å²) in [6, 6.07) is 4.14. The van der Waals surface area contributed by atoms with Gasteiger partial charge in [0, 0.05) is 25.8 Å². The molecule has 1 aromatic rings. The number of aromatic nitrogens is 1. The molecule has 1 aromatic heterocycles. The van der Waals surface area contributed by atoms with Crippen molar-refractivity contribution in [3.05, 3.63) is 23.9 Å². The Morgan fingerprint density at radius 2 is 2.18 bits per heavy atom. The highest BCUT2D eigenvalue weighted by atomic mass is 15.2. The molecule has 1 saturated heterocycles. The molecule has 4 heteroatoms. The third-order valence-electron chi connectivity index (χ3n) is 3.30. The van der Waals surface area contributed by atoms with Gasteiger partial charge in [0.15, 0.2) is 0 Å². The molecule has 0 bridgehead atoms. The zero-order valence-corrected chi connectivity index (χ0v) is 10.6. The summed E-state index contributed by atoms with van der Waals surface area (Å²) in [5, 5.41) is 0. The highest BCUT2D eigenvalue weighted by molar-refractivity contribution is 5.47. The third-order valence-corrected chi connectivity index (χ3v) is 3.30. The smallest absolute Gasteiger partial charge is 0.131 e. The molecule has 2 heterocycles. The van der Waals surface area contributed by atoms with Crippen LogP contribution in [-0.4, -0.2) is 49.7 Å². The van der Waals surface area contributed by atoms with Crippen molar-refractivity contribution in [3.8, 4) is 0 Å². The summed E-state index contributed by atoms with van der Waals surface area (Å²) in [6.45, 7) is 5.13. The van der Waals surface area contributed by atoms with Crippen LogP contribution in [0.2, 0.25) is 0 Å². The van der Waals surface area contributed by atoms with Crippen LogP contribution < -0.4 is 10.6 Å². The average molecular weight is 234 g/mol. The lowest BCUT2D eigenvalue weighted by Gasteiger charge is -2.24.